The zero-order chi connectivity index (χ0) is 40.8. The molecule has 0 aromatic heterocycles. The summed E-state index contributed by atoms with van der Waals surface area (Å²) in [5.41, 5.74) is 25.6. The van der Waals surface area contributed by atoms with Gasteiger partial charge in [-0.25, -0.2) is 0 Å². The van der Waals surface area contributed by atoms with Gasteiger partial charge in [0.2, 0.25) is 0 Å². The molecule has 0 fully saturated rings. The van der Waals surface area contributed by atoms with E-state index in [2.05, 4.69) is 214 Å². The first-order chi connectivity index (χ1) is 28.1. The second-order valence-corrected chi connectivity index (χ2v) is 20.2. The van der Waals surface area contributed by atoms with Crippen molar-refractivity contribution in [1.29, 1.82) is 0 Å². The van der Waals surface area contributed by atoms with Crippen molar-refractivity contribution in [2.75, 3.05) is 0 Å². The first kappa shape index (κ1) is 36.1. The highest BCUT2D eigenvalue weighted by Crippen LogP contribution is 2.54. The Balaban J connectivity index is 0.910. The SMILES string of the molecule is CC(C)(C)c1ccc2c(c1)C(C)(C)c1cc(-c3ccc4c(c3)C(C)(C)c3cc(-c5ccc6c(c5)C(C)(C)c5cc(-c7ccc8ccccc8c7)ccc5-6)ccc3-4)ccc1-2. The monoisotopic (exact) mass is 760 g/mol. The topological polar surface area (TPSA) is 0 Å². The molecule has 8 aromatic carbocycles. The molecule has 3 aliphatic carbocycles. The molecule has 8 aromatic rings. The number of rotatable bonds is 3. The van der Waals surface area contributed by atoms with Gasteiger partial charge in [-0.2, -0.15) is 0 Å². The summed E-state index contributed by atoms with van der Waals surface area (Å²) in [4.78, 5) is 0. The fourth-order valence-electron chi connectivity index (χ4n) is 10.9. The van der Waals surface area contributed by atoms with Gasteiger partial charge in [0, 0.05) is 16.2 Å². The minimum Gasteiger partial charge on any atom is -0.0616 e. The van der Waals surface area contributed by atoms with Crippen molar-refractivity contribution >= 4 is 10.8 Å². The molecule has 3 aliphatic rings. The molecule has 0 bridgehead atoms. The van der Waals surface area contributed by atoms with Gasteiger partial charge in [0.1, 0.15) is 0 Å². The Hall–Kier alpha value is -5.98. The van der Waals surface area contributed by atoms with Crippen LogP contribution < -0.4 is 0 Å². The fraction of sp³-hybridized carbons (Fsp3) is 0.220. The summed E-state index contributed by atoms with van der Waals surface area (Å²) < 4.78 is 0. The average Bonchev–Trinajstić information content (AvgIpc) is 3.71. The van der Waals surface area contributed by atoms with E-state index >= 15 is 0 Å². The third-order valence-corrected chi connectivity index (χ3v) is 14.6. The van der Waals surface area contributed by atoms with Gasteiger partial charge in [-0.15, -0.1) is 0 Å². The van der Waals surface area contributed by atoms with Gasteiger partial charge in [-0.3, -0.25) is 0 Å². The van der Waals surface area contributed by atoms with Crippen molar-refractivity contribution < 1.29 is 0 Å². The van der Waals surface area contributed by atoms with Crippen molar-refractivity contribution in [2.45, 2.75) is 84.0 Å². The van der Waals surface area contributed by atoms with Gasteiger partial charge in [0.05, 0.1) is 0 Å². The van der Waals surface area contributed by atoms with E-state index in [9.17, 15) is 0 Å². The van der Waals surface area contributed by atoms with E-state index < -0.39 is 0 Å². The number of hydrogen-bond acceptors (Lipinski definition) is 0. The second kappa shape index (κ2) is 12.0. The van der Waals surface area contributed by atoms with Crippen LogP contribution in [0.3, 0.4) is 0 Å². The van der Waals surface area contributed by atoms with Crippen LogP contribution in [0.25, 0.3) is 77.5 Å². The Morgan fingerprint density at radius 3 is 0.932 bits per heavy atom. The highest BCUT2D eigenvalue weighted by atomic mass is 14.4. The smallest absolute Gasteiger partial charge is 0.0159 e. The van der Waals surface area contributed by atoms with E-state index in [0.717, 1.165) is 0 Å². The minimum absolute atomic E-state index is 0.0546. The Labute approximate surface area is 350 Å². The zero-order valence-electron chi connectivity index (χ0n) is 35.9. The molecule has 0 spiro atoms. The molecule has 0 unspecified atom stereocenters. The zero-order valence-corrected chi connectivity index (χ0v) is 35.9. The lowest BCUT2D eigenvalue weighted by molar-refractivity contribution is 0.584. The van der Waals surface area contributed by atoms with Crippen LogP contribution in [-0.2, 0) is 21.7 Å². The van der Waals surface area contributed by atoms with Crippen LogP contribution in [0.1, 0.15) is 101 Å². The maximum absolute atomic E-state index is 2.48. The summed E-state index contributed by atoms with van der Waals surface area (Å²) in [7, 11) is 0. The molecule has 0 saturated carbocycles. The highest BCUT2D eigenvalue weighted by Gasteiger charge is 2.39. The molecule has 0 heterocycles. The maximum atomic E-state index is 2.48. The molecule has 0 radical (unpaired) electrons. The van der Waals surface area contributed by atoms with E-state index in [1.807, 2.05) is 0 Å². The molecule has 0 N–H and O–H groups in total. The van der Waals surface area contributed by atoms with Gasteiger partial charge >= 0.3 is 0 Å². The Bertz CT molecular complexity index is 3100. The van der Waals surface area contributed by atoms with Crippen LogP contribution in [-0.4, -0.2) is 0 Å². The minimum atomic E-state index is -0.127. The average molecular weight is 761 g/mol. The van der Waals surface area contributed by atoms with Crippen molar-refractivity contribution in [3.05, 3.63) is 191 Å². The molecule has 0 heteroatoms. The molecule has 0 saturated heterocycles. The lowest BCUT2D eigenvalue weighted by Crippen LogP contribution is -2.17. The molecule has 59 heavy (non-hydrogen) atoms. The van der Waals surface area contributed by atoms with E-state index in [-0.39, 0.29) is 21.7 Å². The second-order valence-electron chi connectivity index (χ2n) is 20.2. The number of benzene rings is 8. The predicted molar refractivity (Wildman–Crippen MR) is 252 cm³/mol. The van der Waals surface area contributed by atoms with E-state index in [4.69, 9.17) is 0 Å². The lowest BCUT2D eigenvalue weighted by Gasteiger charge is -2.25. The van der Waals surface area contributed by atoms with Crippen molar-refractivity contribution in [3.63, 3.8) is 0 Å². The quantitative estimate of drug-likeness (QED) is 0.168. The van der Waals surface area contributed by atoms with Gasteiger partial charge in [0.25, 0.3) is 0 Å². The largest absolute Gasteiger partial charge is 0.0616 e. The summed E-state index contributed by atoms with van der Waals surface area (Å²) in [6, 6.07) is 58.5. The summed E-state index contributed by atoms with van der Waals surface area (Å²) in [6.45, 7) is 21.4. The highest BCUT2D eigenvalue weighted by molar-refractivity contribution is 5.91. The Morgan fingerprint density at radius 2 is 0.576 bits per heavy atom. The van der Waals surface area contributed by atoms with Crippen molar-refractivity contribution in [1.82, 2.24) is 0 Å². The van der Waals surface area contributed by atoms with Crippen LogP contribution in [0.4, 0.5) is 0 Å². The Kier molecular flexibility index (Phi) is 7.38. The standard InChI is InChI=1S/C59H52/c1-56(2,3)43-21-27-49-48-26-20-42(33-54(48)59(8,9)55(49)34-43)41-19-25-47-46-24-18-40(31-52(46)58(6,7)53(47)32-41)39-17-23-45-44-22-16-38(29-50(44)57(4,5)51(45)30-39)37-15-14-35-12-10-11-13-36(35)28-37/h10-34H,1-9H3. The van der Waals surface area contributed by atoms with Crippen LogP contribution in [0.2, 0.25) is 0 Å². The fourth-order valence-corrected chi connectivity index (χ4v) is 10.9. The summed E-state index contributed by atoms with van der Waals surface area (Å²) in [5.74, 6) is 0. The van der Waals surface area contributed by atoms with Crippen LogP contribution in [0, 0.1) is 0 Å². The van der Waals surface area contributed by atoms with Gasteiger partial charge in [-0.1, -0.05) is 178 Å². The first-order valence-electron chi connectivity index (χ1n) is 21.5. The predicted octanol–water partition coefficient (Wildman–Crippen LogP) is 16.1. The molecular weight excluding hydrogens is 709 g/mol. The van der Waals surface area contributed by atoms with E-state index in [0.29, 0.717) is 0 Å². The number of fused-ring (bicyclic) bond motifs is 10. The van der Waals surface area contributed by atoms with Gasteiger partial charge < -0.3 is 0 Å². The lowest BCUT2D eigenvalue weighted by atomic mass is 9.78. The normalized spacial score (nSPS) is 15.9. The van der Waals surface area contributed by atoms with Crippen molar-refractivity contribution in [2.24, 2.45) is 0 Å². The molecule has 288 valence electrons. The van der Waals surface area contributed by atoms with Gasteiger partial charge in [-0.05, 0) is 158 Å². The molecule has 0 atom stereocenters. The van der Waals surface area contributed by atoms with Crippen LogP contribution in [0.5, 0.6) is 0 Å². The molecular formula is C59H52. The van der Waals surface area contributed by atoms with E-state index in [1.54, 1.807) is 0 Å². The summed E-state index contributed by atoms with van der Waals surface area (Å²) >= 11 is 0. The Morgan fingerprint density at radius 1 is 0.288 bits per heavy atom. The molecule has 0 amide bonds. The van der Waals surface area contributed by atoms with Gasteiger partial charge in [0.15, 0.2) is 0 Å². The first-order valence-corrected chi connectivity index (χ1v) is 21.5. The van der Waals surface area contributed by atoms with Crippen molar-refractivity contribution in [3.8, 4) is 66.8 Å². The third-order valence-electron chi connectivity index (χ3n) is 14.6. The summed E-state index contributed by atoms with van der Waals surface area (Å²) in [5, 5.41) is 2.56. The number of hydrogen-bond donors (Lipinski definition) is 0. The third kappa shape index (κ3) is 5.21. The molecule has 0 nitrogen and oxygen atoms in total. The maximum Gasteiger partial charge on any atom is 0.0159 e. The molecule has 11 rings (SSSR count). The molecule has 0 aliphatic heterocycles. The van der Waals surface area contributed by atoms with Crippen LogP contribution in [0.15, 0.2) is 152 Å². The summed E-state index contributed by atoms with van der Waals surface area (Å²) in [6.07, 6.45) is 0. The van der Waals surface area contributed by atoms with E-state index in [1.165, 1.54) is 116 Å². The van der Waals surface area contributed by atoms with Crippen LogP contribution >= 0.6 is 0 Å².